The van der Waals surface area contributed by atoms with Crippen molar-refractivity contribution in [1.82, 2.24) is 0 Å². The Morgan fingerprint density at radius 1 is 0.815 bits per heavy atom. The van der Waals surface area contributed by atoms with Crippen LogP contribution in [0.2, 0.25) is 0 Å². The molecule has 0 heterocycles. The van der Waals surface area contributed by atoms with E-state index in [9.17, 15) is 0 Å². The lowest BCUT2D eigenvalue weighted by molar-refractivity contribution is 0.281. The summed E-state index contributed by atoms with van der Waals surface area (Å²) < 4.78 is 0. The summed E-state index contributed by atoms with van der Waals surface area (Å²) >= 11 is 0. The average Bonchev–Trinajstić information content (AvgIpc) is 3.34. The Morgan fingerprint density at radius 3 is 2.41 bits per heavy atom. The minimum atomic E-state index is 0.577. The molecule has 1 fully saturated rings. The Hall–Kier alpha value is -2.34. The summed E-state index contributed by atoms with van der Waals surface area (Å²) in [5.74, 6) is 0. The van der Waals surface area contributed by atoms with E-state index in [-0.39, 0.29) is 0 Å². The molecule has 3 aromatic rings. The van der Waals surface area contributed by atoms with E-state index in [2.05, 4.69) is 73.7 Å². The van der Waals surface area contributed by atoms with E-state index >= 15 is 0 Å². The molecule has 3 aromatic carbocycles. The fourth-order valence-corrected chi connectivity index (χ4v) is 5.51. The maximum atomic E-state index is 2.53. The van der Waals surface area contributed by atoms with Crippen LogP contribution >= 0.6 is 0 Å². The van der Waals surface area contributed by atoms with Crippen molar-refractivity contribution in [1.29, 1.82) is 0 Å². The molecule has 5 rings (SSSR count). The second-order valence-electron chi connectivity index (χ2n) is 8.62. The van der Waals surface area contributed by atoms with E-state index in [1.807, 2.05) is 0 Å². The number of rotatable bonds is 4. The van der Waals surface area contributed by atoms with Gasteiger partial charge in [-0.15, -0.1) is 0 Å². The maximum Gasteiger partial charge on any atom is -0.00574 e. The zero-order chi connectivity index (χ0) is 18.3. The average molecular weight is 353 g/mol. The van der Waals surface area contributed by atoms with Gasteiger partial charge in [0, 0.05) is 0 Å². The van der Waals surface area contributed by atoms with Crippen LogP contribution < -0.4 is 0 Å². The first-order valence-electron chi connectivity index (χ1n) is 10.6. The molecule has 0 spiro atoms. The quantitative estimate of drug-likeness (QED) is 0.449. The third-order valence-electron chi connectivity index (χ3n) is 7.06. The second kappa shape index (κ2) is 6.68. The van der Waals surface area contributed by atoms with Crippen LogP contribution in [0.15, 0.2) is 66.2 Å². The molecule has 0 radical (unpaired) electrons. The lowest BCUT2D eigenvalue weighted by Gasteiger charge is -2.28. The number of benzene rings is 3. The highest BCUT2D eigenvalue weighted by atomic mass is 14.4. The van der Waals surface area contributed by atoms with Gasteiger partial charge in [0.05, 0.1) is 0 Å². The van der Waals surface area contributed by atoms with E-state index in [0.29, 0.717) is 5.41 Å². The number of hydrogen-bond acceptors (Lipinski definition) is 0. The van der Waals surface area contributed by atoms with Crippen molar-refractivity contribution in [2.45, 2.75) is 51.9 Å². The van der Waals surface area contributed by atoms with Crippen LogP contribution in [0.5, 0.6) is 0 Å². The van der Waals surface area contributed by atoms with Gasteiger partial charge >= 0.3 is 0 Å². The fourth-order valence-electron chi connectivity index (χ4n) is 5.51. The van der Waals surface area contributed by atoms with Crippen molar-refractivity contribution in [3.8, 4) is 11.1 Å². The van der Waals surface area contributed by atoms with Crippen molar-refractivity contribution in [3.63, 3.8) is 0 Å². The van der Waals surface area contributed by atoms with Gasteiger partial charge in [-0.05, 0) is 64.1 Å². The topological polar surface area (TPSA) is 0 Å². The van der Waals surface area contributed by atoms with Gasteiger partial charge in [0.1, 0.15) is 0 Å². The van der Waals surface area contributed by atoms with Crippen LogP contribution in [-0.2, 0) is 6.42 Å². The van der Waals surface area contributed by atoms with E-state index in [1.54, 1.807) is 5.57 Å². The maximum absolute atomic E-state index is 2.53. The molecule has 2 aliphatic rings. The molecule has 2 aliphatic carbocycles. The highest BCUT2D eigenvalue weighted by Crippen LogP contribution is 2.48. The van der Waals surface area contributed by atoms with Gasteiger partial charge in [0.25, 0.3) is 0 Å². The molecular formula is C27H28. The highest BCUT2D eigenvalue weighted by molar-refractivity contribution is 5.99. The van der Waals surface area contributed by atoms with E-state index in [0.717, 1.165) is 6.42 Å². The number of allylic oxidation sites excluding steroid dienone is 1. The number of fused-ring (bicyclic) bond motifs is 2. The van der Waals surface area contributed by atoms with Gasteiger partial charge in [0.15, 0.2) is 0 Å². The van der Waals surface area contributed by atoms with Crippen molar-refractivity contribution < 1.29 is 0 Å². The summed E-state index contributed by atoms with van der Waals surface area (Å²) in [6.07, 6.45) is 12.0. The Kier molecular flexibility index (Phi) is 4.16. The van der Waals surface area contributed by atoms with E-state index in [4.69, 9.17) is 0 Å². The van der Waals surface area contributed by atoms with Crippen LogP contribution in [0.4, 0.5) is 0 Å². The first-order chi connectivity index (χ1) is 13.3. The largest absolute Gasteiger partial charge is 0.0648 e. The van der Waals surface area contributed by atoms with Crippen molar-refractivity contribution >= 4 is 16.8 Å². The van der Waals surface area contributed by atoms with Crippen molar-refractivity contribution in [2.24, 2.45) is 5.41 Å². The smallest absolute Gasteiger partial charge is 0.00574 e. The molecule has 0 bridgehead atoms. The minimum Gasteiger partial charge on any atom is -0.0648 e. The summed E-state index contributed by atoms with van der Waals surface area (Å²) in [5.41, 5.74) is 7.98. The molecule has 0 aliphatic heterocycles. The van der Waals surface area contributed by atoms with Gasteiger partial charge < -0.3 is 0 Å². The SMILES string of the molecule is CCC1(CC2=Cc3c(cccc3-c3cccc4ccccc34)C2)CCCC1. The Morgan fingerprint density at radius 2 is 1.56 bits per heavy atom. The van der Waals surface area contributed by atoms with Crippen molar-refractivity contribution in [2.75, 3.05) is 0 Å². The lowest BCUT2D eigenvalue weighted by atomic mass is 9.77. The monoisotopic (exact) mass is 352 g/mol. The molecule has 0 aromatic heterocycles. The van der Waals surface area contributed by atoms with Crippen LogP contribution in [0.1, 0.15) is 56.6 Å². The summed E-state index contributed by atoms with van der Waals surface area (Å²) in [6.45, 7) is 2.40. The molecule has 0 heteroatoms. The van der Waals surface area contributed by atoms with Gasteiger partial charge in [-0.3, -0.25) is 0 Å². The standard InChI is InChI=1S/C27H28/c1-2-27(15-5-6-16-27)19-20-17-22-11-8-14-25(26(22)18-20)24-13-7-10-21-9-3-4-12-23(21)24/h3-4,7-14,18H,2,5-6,15-17,19H2,1H3. The summed E-state index contributed by atoms with van der Waals surface area (Å²) in [6, 6.07) is 22.4. The Labute approximate surface area is 162 Å². The molecule has 0 atom stereocenters. The first-order valence-corrected chi connectivity index (χ1v) is 10.6. The summed E-state index contributed by atoms with van der Waals surface area (Å²) in [5, 5.41) is 2.68. The molecule has 0 N–H and O–H groups in total. The fraction of sp³-hybridized carbons (Fsp3) is 0.333. The predicted octanol–water partition coefficient (Wildman–Crippen LogP) is 7.81. The Bertz CT molecular complexity index is 1010. The second-order valence-corrected chi connectivity index (χ2v) is 8.62. The molecular weight excluding hydrogens is 324 g/mol. The van der Waals surface area contributed by atoms with Gasteiger partial charge in [-0.1, -0.05) is 98.5 Å². The molecule has 1 saturated carbocycles. The summed E-state index contributed by atoms with van der Waals surface area (Å²) in [7, 11) is 0. The van der Waals surface area contributed by atoms with E-state index in [1.165, 1.54) is 71.6 Å². The molecule has 27 heavy (non-hydrogen) atoms. The zero-order valence-corrected chi connectivity index (χ0v) is 16.3. The molecule has 0 amide bonds. The molecule has 0 nitrogen and oxygen atoms in total. The first kappa shape index (κ1) is 16.8. The van der Waals surface area contributed by atoms with Crippen LogP contribution in [0.3, 0.4) is 0 Å². The van der Waals surface area contributed by atoms with Gasteiger partial charge in [-0.2, -0.15) is 0 Å². The molecule has 136 valence electrons. The van der Waals surface area contributed by atoms with Crippen LogP contribution in [0, 0.1) is 5.41 Å². The van der Waals surface area contributed by atoms with E-state index < -0.39 is 0 Å². The number of hydrogen-bond donors (Lipinski definition) is 0. The molecule has 0 saturated heterocycles. The zero-order valence-electron chi connectivity index (χ0n) is 16.3. The van der Waals surface area contributed by atoms with Crippen LogP contribution in [-0.4, -0.2) is 0 Å². The third-order valence-corrected chi connectivity index (χ3v) is 7.06. The summed E-state index contributed by atoms with van der Waals surface area (Å²) in [4.78, 5) is 0. The predicted molar refractivity (Wildman–Crippen MR) is 117 cm³/mol. The lowest BCUT2D eigenvalue weighted by Crippen LogP contribution is -2.15. The van der Waals surface area contributed by atoms with Gasteiger partial charge in [0.2, 0.25) is 0 Å². The minimum absolute atomic E-state index is 0.577. The molecule has 0 unspecified atom stereocenters. The van der Waals surface area contributed by atoms with Gasteiger partial charge in [-0.25, -0.2) is 0 Å². The van der Waals surface area contributed by atoms with Crippen molar-refractivity contribution in [3.05, 3.63) is 77.4 Å². The van der Waals surface area contributed by atoms with Crippen LogP contribution in [0.25, 0.3) is 28.0 Å². The normalized spacial score (nSPS) is 17.9. The third kappa shape index (κ3) is 2.92. The highest BCUT2D eigenvalue weighted by Gasteiger charge is 2.33. The Balaban J connectivity index is 1.57.